The maximum absolute atomic E-state index is 14.7. The normalized spacial score (nSPS) is 16.3. The molecule has 200 valence electrons. The molecule has 0 bridgehead atoms. The maximum Gasteiger partial charge on any atom is 0.326 e. The molecular weight excluding hydrogens is 491 g/mol. The first-order chi connectivity index (χ1) is 18.4. The summed E-state index contributed by atoms with van der Waals surface area (Å²) in [6.07, 6.45) is 2.42. The first-order valence-electron chi connectivity index (χ1n) is 12.3. The lowest BCUT2D eigenvalue weighted by molar-refractivity contribution is -0.139. The van der Waals surface area contributed by atoms with Crippen molar-refractivity contribution in [3.63, 3.8) is 0 Å². The number of amides is 1. The lowest BCUT2D eigenvalue weighted by Crippen LogP contribution is -2.42. The van der Waals surface area contributed by atoms with Crippen LogP contribution in [-0.2, 0) is 25.4 Å². The predicted molar refractivity (Wildman–Crippen MR) is 141 cm³/mol. The second-order valence-electron chi connectivity index (χ2n) is 8.98. The number of benzene rings is 2. The third-order valence-corrected chi connectivity index (χ3v) is 6.54. The van der Waals surface area contributed by atoms with Crippen molar-refractivity contribution >= 4 is 28.4 Å². The van der Waals surface area contributed by atoms with Gasteiger partial charge in [-0.15, -0.1) is 0 Å². The molecule has 9 heteroatoms. The minimum atomic E-state index is -1.25. The predicted octanol–water partition coefficient (Wildman–Crippen LogP) is 4.47. The molecule has 0 saturated heterocycles. The van der Waals surface area contributed by atoms with Crippen molar-refractivity contribution in [3.8, 4) is 0 Å². The van der Waals surface area contributed by atoms with Crippen LogP contribution in [0.15, 0.2) is 65.9 Å². The van der Waals surface area contributed by atoms with E-state index in [-0.39, 0.29) is 23.6 Å². The molecule has 0 aliphatic heterocycles. The molecule has 2 aromatic carbocycles. The van der Waals surface area contributed by atoms with Gasteiger partial charge in [-0.25, -0.2) is 9.18 Å². The van der Waals surface area contributed by atoms with Crippen LogP contribution in [0.4, 0.5) is 4.39 Å². The largest absolute Gasteiger partial charge is 0.496 e. The van der Waals surface area contributed by atoms with Gasteiger partial charge in [0.05, 0.1) is 19.8 Å². The minimum absolute atomic E-state index is 0.0193. The van der Waals surface area contributed by atoms with E-state index in [1.54, 1.807) is 50.6 Å². The second kappa shape index (κ2) is 12.1. The quantitative estimate of drug-likeness (QED) is 0.343. The molecule has 1 heterocycles. The topological polar surface area (TPSA) is 110 Å². The highest BCUT2D eigenvalue weighted by molar-refractivity contribution is 6.00. The zero-order valence-electron chi connectivity index (χ0n) is 21.5. The van der Waals surface area contributed by atoms with Gasteiger partial charge in [-0.3, -0.25) is 4.79 Å². The van der Waals surface area contributed by atoms with E-state index in [1.165, 1.54) is 0 Å². The molecule has 1 aliphatic carbocycles. The molecule has 2 atom stereocenters. The third-order valence-electron chi connectivity index (χ3n) is 6.54. The van der Waals surface area contributed by atoms with E-state index in [9.17, 15) is 19.1 Å². The fraction of sp³-hybridized carbons (Fsp3) is 0.310. The average molecular weight is 523 g/mol. The minimum Gasteiger partial charge on any atom is -0.496 e. The van der Waals surface area contributed by atoms with E-state index in [2.05, 4.69) is 10.3 Å². The van der Waals surface area contributed by atoms with Gasteiger partial charge in [0.1, 0.15) is 17.5 Å². The fourth-order valence-corrected chi connectivity index (χ4v) is 4.60. The molecular formula is C29H31FN2O6. The van der Waals surface area contributed by atoms with Gasteiger partial charge < -0.3 is 29.6 Å². The van der Waals surface area contributed by atoms with Gasteiger partial charge in [0, 0.05) is 43.0 Å². The molecule has 0 fully saturated rings. The number of hydrogen-bond acceptors (Lipinski definition) is 5. The van der Waals surface area contributed by atoms with Gasteiger partial charge >= 0.3 is 5.97 Å². The number of carboxylic acid groups (broad SMARTS) is 1. The van der Waals surface area contributed by atoms with E-state index in [0.29, 0.717) is 36.5 Å². The van der Waals surface area contributed by atoms with Crippen LogP contribution in [0, 0.1) is 5.82 Å². The summed E-state index contributed by atoms with van der Waals surface area (Å²) in [4.78, 5) is 27.4. The van der Waals surface area contributed by atoms with Gasteiger partial charge in [-0.05, 0) is 41.8 Å². The van der Waals surface area contributed by atoms with E-state index >= 15 is 0 Å². The number of ether oxygens (including phenoxy) is 3. The number of fused-ring (bicyclic) bond motifs is 1. The Bertz CT molecular complexity index is 1380. The summed E-state index contributed by atoms with van der Waals surface area (Å²) in [6.45, 7) is 3.06. The van der Waals surface area contributed by atoms with Crippen molar-refractivity contribution < 1.29 is 33.3 Å². The van der Waals surface area contributed by atoms with E-state index in [1.807, 2.05) is 25.1 Å². The van der Waals surface area contributed by atoms with Gasteiger partial charge in [-0.1, -0.05) is 36.4 Å². The van der Waals surface area contributed by atoms with Gasteiger partial charge in [-0.2, -0.15) is 0 Å². The first kappa shape index (κ1) is 27.1. The van der Waals surface area contributed by atoms with Crippen LogP contribution in [0.1, 0.15) is 35.0 Å². The summed E-state index contributed by atoms with van der Waals surface area (Å²) in [5.41, 5.74) is 3.68. The lowest BCUT2D eigenvalue weighted by atomic mass is 9.88. The van der Waals surface area contributed by atoms with Crippen LogP contribution in [0.5, 0.6) is 0 Å². The Balaban J connectivity index is 1.52. The first-order valence-corrected chi connectivity index (χ1v) is 12.3. The Morgan fingerprint density at radius 3 is 2.53 bits per heavy atom. The Labute approximate surface area is 220 Å². The fourth-order valence-electron chi connectivity index (χ4n) is 4.60. The Morgan fingerprint density at radius 1 is 1.16 bits per heavy atom. The Morgan fingerprint density at radius 2 is 1.89 bits per heavy atom. The van der Waals surface area contributed by atoms with Crippen LogP contribution in [-0.4, -0.2) is 61.5 Å². The molecule has 0 spiro atoms. The molecule has 0 radical (unpaired) electrons. The van der Waals surface area contributed by atoms with Gasteiger partial charge in [0.15, 0.2) is 5.82 Å². The van der Waals surface area contributed by atoms with Gasteiger partial charge in [0.2, 0.25) is 0 Å². The van der Waals surface area contributed by atoms with Crippen molar-refractivity contribution in [1.82, 2.24) is 10.3 Å². The van der Waals surface area contributed by atoms with Crippen LogP contribution in [0.3, 0.4) is 0 Å². The number of aromatic nitrogens is 1. The summed E-state index contributed by atoms with van der Waals surface area (Å²) >= 11 is 0. The maximum atomic E-state index is 14.7. The number of allylic oxidation sites excluding steroid dienone is 1. The number of carboxylic acids is 1. The number of nitrogens with one attached hydrogen (secondary N) is 2. The molecule has 1 aliphatic rings. The highest BCUT2D eigenvalue weighted by atomic mass is 19.1. The number of rotatable bonds is 11. The van der Waals surface area contributed by atoms with Gasteiger partial charge in [0.25, 0.3) is 5.91 Å². The van der Waals surface area contributed by atoms with E-state index in [0.717, 1.165) is 16.7 Å². The molecule has 1 aromatic heterocycles. The Kier molecular flexibility index (Phi) is 8.60. The molecule has 2 unspecified atom stereocenters. The summed E-state index contributed by atoms with van der Waals surface area (Å²) in [5.74, 6) is -2.08. The van der Waals surface area contributed by atoms with Crippen molar-refractivity contribution in [3.05, 3.63) is 88.6 Å². The second-order valence-corrected chi connectivity index (χ2v) is 8.98. The van der Waals surface area contributed by atoms with Crippen LogP contribution < -0.4 is 5.32 Å². The number of aromatic amines is 1. The lowest BCUT2D eigenvalue weighted by Gasteiger charge is -2.27. The molecule has 38 heavy (non-hydrogen) atoms. The summed E-state index contributed by atoms with van der Waals surface area (Å²) in [5, 5.41) is 12.4. The van der Waals surface area contributed by atoms with Crippen molar-refractivity contribution in [2.75, 3.05) is 27.4 Å². The standard InChI is InChI=1S/C29H31FN2O6/c1-4-38-16-18-14-23(36-2)25(24(15-18)37-3)19-11-9-17(10-12-19)13-22(29(34)35)32-28(33)27-26(30)20-7-5-6-8-21(20)31-27/h5-12,14,22,24,31H,4,13,15-16H2,1-3H3,(H,32,33)(H,34,35). The summed E-state index contributed by atoms with van der Waals surface area (Å²) in [6, 6.07) is 12.7. The zero-order chi connectivity index (χ0) is 27.2. The number of para-hydroxylation sites is 1. The molecule has 1 amide bonds. The van der Waals surface area contributed by atoms with Crippen LogP contribution >= 0.6 is 0 Å². The number of halogens is 1. The van der Waals surface area contributed by atoms with Crippen molar-refractivity contribution in [1.29, 1.82) is 0 Å². The van der Waals surface area contributed by atoms with E-state index in [4.69, 9.17) is 14.2 Å². The highest BCUT2D eigenvalue weighted by Crippen LogP contribution is 2.34. The molecule has 3 aromatic rings. The third kappa shape index (κ3) is 5.79. The zero-order valence-corrected chi connectivity index (χ0v) is 21.5. The van der Waals surface area contributed by atoms with Crippen LogP contribution in [0.25, 0.3) is 16.5 Å². The molecule has 0 saturated carbocycles. The number of methoxy groups -OCH3 is 2. The number of aliphatic carboxylic acids is 1. The average Bonchev–Trinajstić information content (AvgIpc) is 3.27. The van der Waals surface area contributed by atoms with Crippen LogP contribution in [0.2, 0.25) is 0 Å². The highest BCUT2D eigenvalue weighted by Gasteiger charge is 2.27. The van der Waals surface area contributed by atoms with E-state index < -0.39 is 23.7 Å². The number of hydrogen-bond donors (Lipinski definition) is 3. The summed E-state index contributed by atoms with van der Waals surface area (Å²) < 4.78 is 31.7. The summed E-state index contributed by atoms with van der Waals surface area (Å²) in [7, 11) is 3.25. The smallest absolute Gasteiger partial charge is 0.326 e. The monoisotopic (exact) mass is 522 g/mol. The number of carbonyl (C=O) groups is 2. The number of carbonyl (C=O) groups excluding carboxylic acids is 1. The Hall–Kier alpha value is -3.95. The molecule has 4 rings (SSSR count). The van der Waals surface area contributed by atoms with Crippen molar-refractivity contribution in [2.24, 2.45) is 0 Å². The molecule has 8 nitrogen and oxygen atoms in total. The molecule has 3 N–H and O–H groups in total. The number of H-pyrrole nitrogens is 1. The van der Waals surface area contributed by atoms with Crippen molar-refractivity contribution in [2.45, 2.75) is 31.9 Å². The SMILES string of the molecule is CCOCC1=CC(OC)=C(c2ccc(CC(NC(=O)c3[nH]c4ccccc4c3F)C(=O)O)cc2)C(OC)C1.